The minimum absolute atomic E-state index is 0.0544. The highest BCUT2D eigenvalue weighted by Gasteiger charge is 2.30. The molecule has 2 fully saturated rings. The predicted octanol–water partition coefficient (Wildman–Crippen LogP) is 4.75. The van der Waals surface area contributed by atoms with Crippen LogP contribution in [0.1, 0.15) is 79.1 Å². The molecule has 2 aliphatic rings. The van der Waals surface area contributed by atoms with Gasteiger partial charge in [0.2, 0.25) is 0 Å². The summed E-state index contributed by atoms with van der Waals surface area (Å²) in [4.78, 5) is 24.5. The summed E-state index contributed by atoms with van der Waals surface area (Å²) < 4.78 is 11.1. The topological polar surface area (TPSA) is 52.6 Å². The molecule has 0 unspecified atom stereocenters. The fourth-order valence-corrected chi connectivity index (χ4v) is 3.80. The van der Waals surface area contributed by atoms with Gasteiger partial charge in [0, 0.05) is 5.41 Å². The Kier molecular flexibility index (Phi) is 7.33. The van der Waals surface area contributed by atoms with Crippen molar-refractivity contribution < 1.29 is 19.1 Å². The molecule has 25 heavy (non-hydrogen) atoms. The van der Waals surface area contributed by atoms with Gasteiger partial charge in [0.25, 0.3) is 0 Å². The van der Waals surface area contributed by atoms with E-state index in [1.165, 1.54) is 0 Å². The molecule has 2 saturated carbocycles. The third kappa shape index (κ3) is 6.63. The van der Waals surface area contributed by atoms with Crippen molar-refractivity contribution >= 4 is 11.9 Å². The molecule has 0 aromatic heterocycles. The summed E-state index contributed by atoms with van der Waals surface area (Å²) in [7, 11) is 0. The standard InChI is InChI=1S/C21H36O4/c1-15-5-9-17(10-6-15)19(22)24-13-21(3,4)14-25-20(23)18-11-7-16(2)8-12-18/h15-18H,5-14H2,1-4H3. The minimum atomic E-state index is -0.338. The molecule has 0 amide bonds. The average molecular weight is 353 g/mol. The van der Waals surface area contributed by atoms with E-state index in [1.54, 1.807) is 0 Å². The van der Waals surface area contributed by atoms with Gasteiger partial charge in [-0.25, -0.2) is 0 Å². The molecule has 2 aliphatic carbocycles. The van der Waals surface area contributed by atoms with Crippen LogP contribution in [0, 0.1) is 29.1 Å². The van der Waals surface area contributed by atoms with Gasteiger partial charge >= 0.3 is 11.9 Å². The van der Waals surface area contributed by atoms with Gasteiger partial charge in [-0.3, -0.25) is 9.59 Å². The van der Waals surface area contributed by atoms with Crippen molar-refractivity contribution in [1.82, 2.24) is 0 Å². The second-order valence-electron chi connectivity index (χ2n) is 9.29. The van der Waals surface area contributed by atoms with Gasteiger partial charge in [0.1, 0.15) is 0 Å². The molecule has 4 heteroatoms. The van der Waals surface area contributed by atoms with Crippen molar-refractivity contribution in [2.24, 2.45) is 29.1 Å². The quantitative estimate of drug-likeness (QED) is 0.647. The van der Waals surface area contributed by atoms with Crippen LogP contribution in [0.4, 0.5) is 0 Å². The number of carbonyl (C=O) groups is 2. The average Bonchev–Trinajstić information content (AvgIpc) is 2.59. The lowest BCUT2D eigenvalue weighted by molar-refractivity contribution is -0.159. The minimum Gasteiger partial charge on any atom is -0.465 e. The van der Waals surface area contributed by atoms with Crippen LogP contribution in [0.25, 0.3) is 0 Å². The molecule has 0 atom stereocenters. The predicted molar refractivity (Wildman–Crippen MR) is 97.9 cm³/mol. The second kappa shape index (κ2) is 9.05. The zero-order valence-corrected chi connectivity index (χ0v) is 16.5. The van der Waals surface area contributed by atoms with Gasteiger partial charge in [-0.2, -0.15) is 0 Å². The lowest BCUT2D eigenvalue weighted by Gasteiger charge is -2.29. The normalized spacial score (nSPS) is 30.6. The molecule has 0 aromatic carbocycles. The van der Waals surface area contributed by atoms with Crippen LogP contribution in [-0.4, -0.2) is 25.2 Å². The molecule has 0 heterocycles. The molecule has 144 valence electrons. The highest BCUT2D eigenvalue weighted by atomic mass is 16.5. The van der Waals surface area contributed by atoms with E-state index in [-0.39, 0.29) is 29.2 Å². The van der Waals surface area contributed by atoms with Crippen molar-refractivity contribution in [3.05, 3.63) is 0 Å². The van der Waals surface area contributed by atoms with Crippen molar-refractivity contribution in [2.45, 2.75) is 79.1 Å². The first-order chi connectivity index (χ1) is 11.8. The second-order valence-corrected chi connectivity index (χ2v) is 9.29. The first-order valence-electron chi connectivity index (χ1n) is 10.1. The maximum absolute atomic E-state index is 12.2. The van der Waals surface area contributed by atoms with Crippen molar-refractivity contribution in [3.8, 4) is 0 Å². The molecule has 0 radical (unpaired) electrons. The van der Waals surface area contributed by atoms with E-state index in [0.717, 1.165) is 63.2 Å². The summed E-state index contributed by atoms with van der Waals surface area (Å²) >= 11 is 0. The van der Waals surface area contributed by atoms with Gasteiger partial charge in [0.05, 0.1) is 25.0 Å². The van der Waals surface area contributed by atoms with Gasteiger partial charge in [-0.05, 0) is 63.2 Å². The van der Waals surface area contributed by atoms with Crippen LogP contribution in [0.15, 0.2) is 0 Å². The van der Waals surface area contributed by atoms with Crippen LogP contribution >= 0.6 is 0 Å². The molecule has 0 aromatic rings. The van der Waals surface area contributed by atoms with Crippen LogP contribution < -0.4 is 0 Å². The maximum atomic E-state index is 12.2. The Bertz CT molecular complexity index is 401. The fraction of sp³-hybridized carbons (Fsp3) is 0.905. The zero-order valence-electron chi connectivity index (χ0n) is 16.5. The molecule has 2 rings (SSSR count). The fourth-order valence-electron chi connectivity index (χ4n) is 3.80. The van der Waals surface area contributed by atoms with Gasteiger partial charge in [-0.1, -0.05) is 27.7 Å². The lowest BCUT2D eigenvalue weighted by Crippen LogP contribution is -2.33. The SMILES string of the molecule is CC1CCC(C(=O)OCC(C)(C)COC(=O)C2CCC(C)CC2)CC1. The Morgan fingerprint density at radius 2 is 1.04 bits per heavy atom. The Labute approximate surface area is 153 Å². The largest absolute Gasteiger partial charge is 0.465 e. The van der Waals surface area contributed by atoms with Gasteiger partial charge in [0.15, 0.2) is 0 Å². The summed E-state index contributed by atoms with van der Waals surface area (Å²) in [6, 6.07) is 0. The summed E-state index contributed by atoms with van der Waals surface area (Å²) in [5.74, 6) is 1.41. The number of carbonyl (C=O) groups excluding carboxylic acids is 2. The first-order valence-corrected chi connectivity index (χ1v) is 10.1. The van der Waals surface area contributed by atoms with Gasteiger partial charge < -0.3 is 9.47 Å². The van der Waals surface area contributed by atoms with E-state index < -0.39 is 0 Å². The Balaban J connectivity index is 1.68. The molecule has 0 N–H and O–H groups in total. The molecule has 4 nitrogen and oxygen atoms in total. The van der Waals surface area contributed by atoms with Crippen molar-refractivity contribution in [1.29, 1.82) is 0 Å². The molecule has 0 aliphatic heterocycles. The first kappa shape index (κ1) is 20.3. The number of hydrogen-bond donors (Lipinski definition) is 0. The maximum Gasteiger partial charge on any atom is 0.308 e. The zero-order chi connectivity index (χ0) is 18.4. The number of rotatable bonds is 6. The van der Waals surface area contributed by atoms with E-state index in [2.05, 4.69) is 13.8 Å². The Hall–Kier alpha value is -1.06. The smallest absolute Gasteiger partial charge is 0.308 e. The van der Waals surface area contributed by atoms with E-state index in [9.17, 15) is 9.59 Å². The molecule has 0 saturated heterocycles. The van der Waals surface area contributed by atoms with E-state index >= 15 is 0 Å². The summed E-state index contributed by atoms with van der Waals surface area (Å²) in [6.45, 7) is 9.08. The molecular weight excluding hydrogens is 316 g/mol. The summed E-state index contributed by atoms with van der Waals surface area (Å²) in [5.41, 5.74) is -0.338. The summed E-state index contributed by atoms with van der Waals surface area (Å²) in [5, 5.41) is 0. The third-order valence-corrected chi connectivity index (χ3v) is 5.91. The highest BCUT2D eigenvalue weighted by Crippen LogP contribution is 2.31. The van der Waals surface area contributed by atoms with E-state index in [1.807, 2.05) is 13.8 Å². The summed E-state index contributed by atoms with van der Waals surface area (Å²) in [6.07, 6.45) is 8.21. The lowest BCUT2D eigenvalue weighted by atomic mass is 9.83. The van der Waals surface area contributed by atoms with E-state index in [4.69, 9.17) is 9.47 Å². The number of esters is 2. The Morgan fingerprint density at radius 1 is 0.720 bits per heavy atom. The molecule has 0 spiro atoms. The van der Waals surface area contributed by atoms with Crippen LogP contribution in [0.5, 0.6) is 0 Å². The van der Waals surface area contributed by atoms with Crippen molar-refractivity contribution in [3.63, 3.8) is 0 Å². The van der Waals surface area contributed by atoms with Crippen LogP contribution in [0.2, 0.25) is 0 Å². The molecule has 0 bridgehead atoms. The monoisotopic (exact) mass is 352 g/mol. The number of hydrogen-bond acceptors (Lipinski definition) is 4. The van der Waals surface area contributed by atoms with Gasteiger partial charge in [-0.15, -0.1) is 0 Å². The van der Waals surface area contributed by atoms with Crippen LogP contribution in [0.3, 0.4) is 0 Å². The Morgan fingerprint density at radius 3 is 1.36 bits per heavy atom. The van der Waals surface area contributed by atoms with Crippen molar-refractivity contribution in [2.75, 3.05) is 13.2 Å². The third-order valence-electron chi connectivity index (χ3n) is 5.91. The molecular formula is C21H36O4. The number of ether oxygens (including phenoxy) is 2. The van der Waals surface area contributed by atoms with Crippen LogP contribution in [-0.2, 0) is 19.1 Å². The highest BCUT2D eigenvalue weighted by molar-refractivity contribution is 5.73. The van der Waals surface area contributed by atoms with E-state index in [0.29, 0.717) is 13.2 Å².